The zero-order valence-corrected chi connectivity index (χ0v) is 13.5. The van der Waals surface area contributed by atoms with Gasteiger partial charge in [-0.3, -0.25) is 4.79 Å². The first kappa shape index (κ1) is 18.4. The van der Waals surface area contributed by atoms with E-state index in [2.05, 4.69) is 10.1 Å². The van der Waals surface area contributed by atoms with Crippen molar-refractivity contribution >= 4 is 11.6 Å². The van der Waals surface area contributed by atoms with E-state index in [0.717, 1.165) is 12.1 Å². The maximum Gasteiger partial charge on any atom is 0.573 e. The van der Waals surface area contributed by atoms with Crippen molar-refractivity contribution in [1.29, 1.82) is 0 Å². The highest BCUT2D eigenvalue weighted by Crippen LogP contribution is 2.24. The molecule has 0 bridgehead atoms. The molecule has 0 aliphatic rings. The van der Waals surface area contributed by atoms with Crippen molar-refractivity contribution in [1.82, 2.24) is 0 Å². The fraction of sp³-hybridized carbons (Fsp3) is 0.235. The molecule has 8 heteroatoms. The molecule has 0 saturated heterocycles. The highest BCUT2D eigenvalue weighted by molar-refractivity contribution is 5.94. The van der Waals surface area contributed by atoms with Crippen LogP contribution >= 0.6 is 0 Å². The van der Waals surface area contributed by atoms with E-state index in [-0.39, 0.29) is 5.75 Å². The molecular weight excluding hydrogens is 339 g/mol. The normalized spacial score (nSPS) is 12.2. The molecule has 0 aliphatic heterocycles. The van der Waals surface area contributed by atoms with Gasteiger partial charge in [0.1, 0.15) is 17.2 Å². The Kier molecular flexibility index (Phi) is 5.74. The third kappa shape index (κ3) is 5.91. The number of benzene rings is 2. The second-order valence-corrected chi connectivity index (χ2v) is 5.00. The Bertz CT molecular complexity index is 699. The minimum absolute atomic E-state index is 0.324. The molecule has 2 aromatic rings. The van der Waals surface area contributed by atoms with Gasteiger partial charge in [-0.15, -0.1) is 13.2 Å². The van der Waals surface area contributed by atoms with E-state index in [1.807, 2.05) is 0 Å². The summed E-state index contributed by atoms with van der Waals surface area (Å²) in [6, 6.07) is 11.5. The average molecular weight is 355 g/mol. The van der Waals surface area contributed by atoms with E-state index in [4.69, 9.17) is 9.47 Å². The van der Waals surface area contributed by atoms with Gasteiger partial charge in [0.05, 0.1) is 7.11 Å². The Morgan fingerprint density at radius 3 is 2.00 bits per heavy atom. The van der Waals surface area contributed by atoms with E-state index in [1.54, 1.807) is 31.2 Å². The SMILES string of the molecule is COc1ccc(O[C@H](C)C(=O)Nc2ccc(OC(F)(F)F)cc2)cc1. The van der Waals surface area contributed by atoms with Crippen LogP contribution in [0.1, 0.15) is 6.92 Å². The van der Waals surface area contributed by atoms with E-state index in [0.29, 0.717) is 17.2 Å². The number of methoxy groups -OCH3 is 1. The number of carbonyl (C=O) groups is 1. The third-order valence-electron chi connectivity index (χ3n) is 3.10. The second-order valence-electron chi connectivity index (χ2n) is 5.00. The average Bonchev–Trinajstić information content (AvgIpc) is 2.56. The summed E-state index contributed by atoms with van der Waals surface area (Å²) in [4.78, 5) is 12.1. The van der Waals surface area contributed by atoms with Gasteiger partial charge in [-0.05, 0) is 55.5 Å². The number of rotatable bonds is 6. The lowest BCUT2D eigenvalue weighted by Gasteiger charge is -2.15. The molecule has 2 aromatic carbocycles. The summed E-state index contributed by atoms with van der Waals surface area (Å²) in [6.07, 6.45) is -5.56. The summed E-state index contributed by atoms with van der Waals surface area (Å²) in [5.41, 5.74) is 0.324. The molecule has 0 aromatic heterocycles. The largest absolute Gasteiger partial charge is 0.573 e. The molecule has 0 spiro atoms. The number of halogens is 3. The van der Waals surface area contributed by atoms with Crippen LogP contribution in [0.3, 0.4) is 0 Å². The van der Waals surface area contributed by atoms with Crippen LogP contribution < -0.4 is 19.5 Å². The smallest absolute Gasteiger partial charge is 0.497 e. The van der Waals surface area contributed by atoms with Gasteiger partial charge in [0.2, 0.25) is 0 Å². The molecule has 0 unspecified atom stereocenters. The lowest BCUT2D eigenvalue weighted by atomic mass is 10.2. The number of anilines is 1. The predicted molar refractivity (Wildman–Crippen MR) is 84.8 cm³/mol. The van der Waals surface area contributed by atoms with E-state index in [9.17, 15) is 18.0 Å². The van der Waals surface area contributed by atoms with Gasteiger partial charge in [0.15, 0.2) is 6.10 Å². The standard InChI is InChI=1S/C17H16F3NO4/c1-11(24-14-9-7-13(23-2)8-10-14)16(22)21-12-3-5-15(6-4-12)25-17(18,19)20/h3-11H,1-2H3,(H,21,22)/t11-/m1/s1. The second kappa shape index (κ2) is 7.78. The van der Waals surface area contributed by atoms with Gasteiger partial charge in [-0.25, -0.2) is 0 Å². The van der Waals surface area contributed by atoms with Crippen molar-refractivity contribution in [3.63, 3.8) is 0 Å². The summed E-state index contributed by atoms with van der Waals surface area (Å²) >= 11 is 0. The van der Waals surface area contributed by atoms with Gasteiger partial charge in [0.25, 0.3) is 5.91 Å². The maximum absolute atomic E-state index is 12.1. The minimum Gasteiger partial charge on any atom is -0.497 e. The highest BCUT2D eigenvalue weighted by Gasteiger charge is 2.31. The molecule has 1 amide bonds. The number of alkyl halides is 3. The lowest BCUT2D eigenvalue weighted by molar-refractivity contribution is -0.274. The molecule has 5 nitrogen and oxygen atoms in total. The Morgan fingerprint density at radius 1 is 0.960 bits per heavy atom. The van der Waals surface area contributed by atoms with Crippen molar-refractivity contribution < 1.29 is 32.2 Å². The summed E-state index contributed by atoms with van der Waals surface area (Å²) in [5.74, 6) is 0.330. The summed E-state index contributed by atoms with van der Waals surface area (Å²) in [6.45, 7) is 1.56. The molecule has 0 aliphatic carbocycles. The van der Waals surface area contributed by atoms with E-state index < -0.39 is 18.4 Å². The van der Waals surface area contributed by atoms with Crippen LogP contribution in [0.5, 0.6) is 17.2 Å². The van der Waals surface area contributed by atoms with Crippen molar-refractivity contribution in [3.8, 4) is 17.2 Å². The fourth-order valence-electron chi connectivity index (χ4n) is 1.90. The van der Waals surface area contributed by atoms with Gasteiger partial charge >= 0.3 is 6.36 Å². The Balaban J connectivity index is 1.91. The van der Waals surface area contributed by atoms with Crippen LogP contribution in [0, 0.1) is 0 Å². The number of amides is 1. The van der Waals surface area contributed by atoms with Crippen molar-refractivity contribution in [3.05, 3.63) is 48.5 Å². The first-order valence-electron chi connectivity index (χ1n) is 7.24. The van der Waals surface area contributed by atoms with Crippen LogP contribution in [0.25, 0.3) is 0 Å². The fourth-order valence-corrected chi connectivity index (χ4v) is 1.90. The maximum atomic E-state index is 12.1. The van der Waals surface area contributed by atoms with Crippen molar-refractivity contribution in [2.75, 3.05) is 12.4 Å². The topological polar surface area (TPSA) is 56.8 Å². The minimum atomic E-state index is -4.76. The molecule has 2 rings (SSSR count). The quantitative estimate of drug-likeness (QED) is 0.851. The Morgan fingerprint density at radius 2 is 1.48 bits per heavy atom. The van der Waals surface area contributed by atoms with E-state index in [1.165, 1.54) is 19.2 Å². The molecule has 0 fully saturated rings. The monoisotopic (exact) mass is 355 g/mol. The van der Waals surface area contributed by atoms with Gasteiger partial charge in [-0.2, -0.15) is 0 Å². The van der Waals surface area contributed by atoms with Crippen molar-refractivity contribution in [2.45, 2.75) is 19.4 Å². The van der Waals surface area contributed by atoms with Crippen LogP contribution in [-0.2, 0) is 4.79 Å². The first-order valence-corrected chi connectivity index (χ1v) is 7.24. The van der Waals surface area contributed by atoms with Crippen LogP contribution in [0.2, 0.25) is 0 Å². The molecule has 0 saturated carbocycles. The molecule has 25 heavy (non-hydrogen) atoms. The molecule has 1 atom stereocenters. The lowest BCUT2D eigenvalue weighted by Crippen LogP contribution is -2.30. The number of nitrogens with one attached hydrogen (secondary N) is 1. The Hall–Kier alpha value is -2.90. The van der Waals surface area contributed by atoms with Crippen LogP contribution in [0.4, 0.5) is 18.9 Å². The summed E-state index contributed by atoms with van der Waals surface area (Å²) in [7, 11) is 1.54. The Labute approximate surface area is 142 Å². The first-order chi connectivity index (χ1) is 11.8. The molecule has 0 radical (unpaired) electrons. The molecule has 0 heterocycles. The predicted octanol–water partition coefficient (Wildman–Crippen LogP) is 4.00. The molecular formula is C17H16F3NO4. The zero-order valence-electron chi connectivity index (χ0n) is 13.5. The number of carbonyl (C=O) groups excluding carboxylic acids is 1. The number of hydrogen-bond donors (Lipinski definition) is 1. The van der Waals surface area contributed by atoms with Gasteiger partial charge in [0, 0.05) is 5.69 Å². The number of hydrogen-bond acceptors (Lipinski definition) is 4. The third-order valence-corrected chi connectivity index (χ3v) is 3.10. The van der Waals surface area contributed by atoms with Gasteiger partial charge < -0.3 is 19.5 Å². The zero-order chi connectivity index (χ0) is 18.4. The van der Waals surface area contributed by atoms with Crippen molar-refractivity contribution in [2.24, 2.45) is 0 Å². The summed E-state index contributed by atoms with van der Waals surface area (Å²) < 4.78 is 50.6. The van der Waals surface area contributed by atoms with Crippen LogP contribution in [-0.4, -0.2) is 25.5 Å². The van der Waals surface area contributed by atoms with E-state index >= 15 is 0 Å². The molecule has 1 N–H and O–H groups in total. The molecule has 134 valence electrons. The van der Waals surface area contributed by atoms with Crippen LogP contribution in [0.15, 0.2) is 48.5 Å². The van der Waals surface area contributed by atoms with Gasteiger partial charge in [-0.1, -0.05) is 0 Å². The summed E-state index contributed by atoms with van der Waals surface area (Å²) in [5, 5.41) is 2.55. The highest BCUT2D eigenvalue weighted by atomic mass is 19.4. The number of ether oxygens (including phenoxy) is 3.